The molecule has 6 nitrogen and oxygen atoms in total. The van der Waals surface area contributed by atoms with E-state index in [4.69, 9.17) is 15.2 Å². The number of carbonyl (C=O) groups excluding carboxylic acids is 1. The van der Waals surface area contributed by atoms with Crippen molar-refractivity contribution in [3.63, 3.8) is 0 Å². The summed E-state index contributed by atoms with van der Waals surface area (Å²) in [5.41, 5.74) is 6.41. The maximum Gasteiger partial charge on any atom is 0.231 e. The number of nitrogens with zero attached hydrogens (tertiary/aromatic N) is 1. The Bertz CT molecular complexity index is 513. The second-order valence-corrected chi connectivity index (χ2v) is 5.59. The molecule has 3 N–H and O–H groups in total. The Morgan fingerprint density at radius 1 is 1.29 bits per heavy atom. The average molecular weight is 291 g/mol. The fraction of sp³-hybridized carbons (Fsp3) is 0.533. The van der Waals surface area contributed by atoms with Gasteiger partial charge in [-0.2, -0.15) is 0 Å². The molecular weight excluding hydrogens is 270 g/mol. The van der Waals surface area contributed by atoms with E-state index < -0.39 is 0 Å². The van der Waals surface area contributed by atoms with Gasteiger partial charge in [-0.25, -0.2) is 0 Å². The van der Waals surface area contributed by atoms with Crippen LogP contribution in [0.2, 0.25) is 0 Å². The summed E-state index contributed by atoms with van der Waals surface area (Å²) in [5.74, 6) is 1.39. The summed E-state index contributed by atoms with van der Waals surface area (Å²) in [5, 5.41) is 3.56. The van der Waals surface area contributed by atoms with Gasteiger partial charge in [0.15, 0.2) is 11.5 Å². The summed E-state index contributed by atoms with van der Waals surface area (Å²) in [6, 6.07) is 6.52. The number of fused-ring (bicyclic) bond motifs is 1. The molecule has 3 rings (SSSR count). The molecule has 6 heteroatoms. The molecule has 1 fully saturated rings. The van der Waals surface area contributed by atoms with Crippen LogP contribution in [0.3, 0.4) is 0 Å². The Morgan fingerprint density at radius 2 is 2.05 bits per heavy atom. The van der Waals surface area contributed by atoms with E-state index in [1.165, 1.54) is 5.56 Å². The van der Waals surface area contributed by atoms with Gasteiger partial charge in [0.1, 0.15) is 0 Å². The minimum atomic E-state index is -0.248. The van der Waals surface area contributed by atoms with Gasteiger partial charge in [-0.05, 0) is 30.5 Å². The van der Waals surface area contributed by atoms with Crippen molar-refractivity contribution < 1.29 is 14.3 Å². The Balaban J connectivity index is 1.45. The molecule has 21 heavy (non-hydrogen) atoms. The number of nitrogens with one attached hydrogen (secondary N) is 1. The topological polar surface area (TPSA) is 76.8 Å². The van der Waals surface area contributed by atoms with Crippen LogP contribution in [0.15, 0.2) is 18.2 Å². The number of benzene rings is 1. The van der Waals surface area contributed by atoms with E-state index in [0.29, 0.717) is 19.4 Å². The molecule has 0 radical (unpaired) electrons. The van der Waals surface area contributed by atoms with Gasteiger partial charge >= 0.3 is 0 Å². The van der Waals surface area contributed by atoms with E-state index in [-0.39, 0.29) is 5.91 Å². The molecule has 0 aromatic heterocycles. The molecule has 2 heterocycles. The third-order valence-corrected chi connectivity index (χ3v) is 4.00. The van der Waals surface area contributed by atoms with Gasteiger partial charge in [-0.3, -0.25) is 9.69 Å². The molecular formula is C15H21N3O3. The quantitative estimate of drug-likeness (QED) is 0.824. The number of hydrogen-bond donors (Lipinski definition) is 2. The van der Waals surface area contributed by atoms with Crippen molar-refractivity contribution in [1.29, 1.82) is 0 Å². The van der Waals surface area contributed by atoms with E-state index in [9.17, 15) is 4.79 Å². The molecule has 0 aliphatic carbocycles. The van der Waals surface area contributed by atoms with E-state index >= 15 is 0 Å². The van der Waals surface area contributed by atoms with Crippen LogP contribution in [0.5, 0.6) is 11.5 Å². The lowest BCUT2D eigenvalue weighted by Gasteiger charge is -2.31. The molecule has 2 aliphatic rings. The number of amides is 1. The number of likely N-dealkylation sites (tertiary alicyclic amines) is 1. The first-order chi connectivity index (χ1) is 10.2. The number of hydrogen-bond acceptors (Lipinski definition) is 5. The fourth-order valence-electron chi connectivity index (χ4n) is 2.83. The molecule has 1 aromatic carbocycles. The predicted octanol–water partition coefficient (Wildman–Crippen LogP) is 0.455. The monoisotopic (exact) mass is 291 g/mol. The summed E-state index contributed by atoms with van der Waals surface area (Å²) in [6.45, 7) is 3.33. The number of primary amides is 1. The van der Waals surface area contributed by atoms with Crippen molar-refractivity contribution in [2.24, 2.45) is 5.73 Å². The van der Waals surface area contributed by atoms with E-state index in [1.807, 2.05) is 12.1 Å². The van der Waals surface area contributed by atoms with E-state index in [0.717, 1.165) is 44.0 Å². The average Bonchev–Trinajstić information content (AvgIpc) is 2.93. The Kier molecular flexibility index (Phi) is 4.26. The standard InChI is InChI=1S/C15H21N3O3/c16-15(19)9-18-5-3-12(4-6-18)17-8-11-1-2-13-14(7-11)21-10-20-13/h1-2,7,12,17H,3-6,8-10H2,(H2,16,19). The second-order valence-electron chi connectivity index (χ2n) is 5.59. The Labute approximate surface area is 124 Å². The molecule has 1 amide bonds. The van der Waals surface area contributed by atoms with Crippen molar-refractivity contribution in [2.45, 2.75) is 25.4 Å². The summed E-state index contributed by atoms with van der Waals surface area (Å²) in [7, 11) is 0. The van der Waals surface area contributed by atoms with Crippen LogP contribution in [0.1, 0.15) is 18.4 Å². The van der Waals surface area contributed by atoms with E-state index in [2.05, 4.69) is 16.3 Å². The SMILES string of the molecule is NC(=O)CN1CCC(NCc2ccc3c(c2)OCO3)CC1. The van der Waals surface area contributed by atoms with Gasteiger partial charge in [0, 0.05) is 25.7 Å². The maximum absolute atomic E-state index is 10.9. The van der Waals surface area contributed by atoms with Crippen LogP contribution in [0.25, 0.3) is 0 Å². The highest BCUT2D eigenvalue weighted by molar-refractivity contribution is 5.75. The number of carbonyl (C=O) groups is 1. The lowest BCUT2D eigenvalue weighted by atomic mass is 10.0. The largest absolute Gasteiger partial charge is 0.454 e. The fourth-order valence-corrected chi connectivity index (χ4v) is 2.83. The van der Waals surface area contributed by atoms with Gasteiger partial charge in [0.25, 0.3) is 0 Å². The van der Waals surface area contributed by atoms with Crippen LogP contribution in [0, 0.1) is 0 Å². The van der Waals surface area contributed by atoms with Crippen LogP contribution in [0.4, 0.5) is 0 Å². The molecule has 114 valence electrons. The van der Waals surface area contributed by atoms with Crippen molar-refractivity contribution in [2.75, 3.05) is 26.4 Å². The Morgan fingerprint density at radius 3 is 2.81 bits per heavy atom. The zero-order valence-electron chi connectivity index (χ0n) is 12.0. The van der Waals surface area contributed by atoms with Gasteiger partial charge in [0.05, 0.1) is 6.54 Å². The smallest absolute Gasteiger partial charge is 0.231 e. The Hall–Kier alpha value is -1.79. The highest BCUT2D eigenvalue weighted by atomic mass is 16.7. The van der Waals surface area contributed by atoms with Gasteiger partial charge in [-0.1, -0.05) is 6.07 Å². The molecule has 1 aromatic rings. The first-order valence-corrected chi connectivity index (χ1v) is 7.33. The predicted molar refractivity (Wildman–Crippen MR) is 78.1 cm³/mol. The normalized spacial score (nSPS) is 18.9. The van der Waals surface area contributed by atoms with Crippen molar-refractivity contribution in [3.05, 3.63) is 23.8 Å². The van der Waals surface area contributed by atoms with Crippen LogP contribution in [-0.4, -0.2) is 43.3 Å². The summed E-state index contributed by atoms with van der Waals surface area (Å²) in [4.78, 5) is 13.0. The molecule has 0 saturated carbocycles. The zero-order chi connectivity index (χ0) is 14.7. The second kappa shape index (κ2) is 6.32. The number of piperidine rings is 1. The lowest BCUT2D eigenvalue weighted by Crippen LogP contribution is -2.45. The molecule has 1 saturated heterocycles. The summed E-state index contributed by atoms with van der Waals surface area (Å²) >= 11 is 0. The summed E-state index contributed by atoms with van der Waals surface area (Å²) in [6.07, 6.45) is 2.08. The highest BCUT2D eigenvalue weighted by Crippen LogP contribution is 2.32. The van der Waals surface area contributed by atoms with Gasteiger partial charge in [0.2, 0.25) is 12.7 Å². The molecule has 0 bridgehead atoms. The molecule has 0 atom stereocenters. The summed E-state index contributed by atoms with van der Waals surface area (Å²) < 4.78 is 10.7. The first kappa shape index (κ1) is 14.2. The van der Waals surface area contributed by atoms with E-state index in [1.54, 1.807) is 0 Å². The van der Waals surface area contributed by atoms with Gasteiger partial charge in [-0.15, -0.1) is 0 Å². The zero-order valence-corrected chi connectivity index (χ0v) is 12.0. The third kappa shape index (κ3) is 3.65. The van der Waals surface area contributed by atoms with Crippen molar-refractivity contribution >= 4 is 5.91 Å². The number of ether oxygens (including phenoxy) is 2. The van der Waals surface area contributed by atoms with Crippen LogP contribution >= 0.6 is 0 Å². The molecule has 0 unspecified atom stereocenters. The number of rotatable bonds is 5. The minimum Gasteiger partial charge on any atom is -0.454 e. The first-order valence-electron chi connectivity index (χ1n) is 7.33. The van der Waals surface area contributed by atoms with Crippen LogP contribution in [-0.2, 0) is 11.3 Å². The number of nitrogens with two attached hydrogens (primary N) is 1. The molecule has 0 spiro atoms. The minimum absolute atomic E-state index is 0.248. The van der Waals surface area contributed by atoms with Gasteiger partial charge < -0.3 is 20.5 Å². The lowest BCUT2D eigenvalue weighted by molar-refractivity contribution is -0.119. The van der Waals surface area contributed by atoms with Crippen molar-refractivity contribution in [1.82, 2.24) is 10.2 Å². The van der Waals surface area contributed by atoms with Crippen molar-refractivity contribution in [3.8, 4) is 11.5 Å². The molecule has 2 aliphatic heterocycles. The van der Waals surface area contributed by atoms with Crippen LogP contribution < -0.4 is 20.5 Å². The highest BCUT2D eigenvalue weighted by Gasteiger charge is 2.20. The maximum atomic E-state index is 10.9. The third-order valence-electron chi connectivity index (χ3n) is 4.00.